The number of piperidine rings is 2. The number of aliphatic hydroxyl groups excluding tert-OH is 2. The van der Waals surface area contributed by atoms with Crippen molar-refractivity contribution in [1.29, 1.82) is 0 Å². The molecule has 4 heterocycles. The zero-order chi connectivity index (χ0) is 23.3. The zero-order valence-electron chi connectivity index (χ0n) is 19.3. The number of likely N-dealkylation sites (tertiary alicyclic amines) is 2. The van der Waals surface area contributed by atoms with Crippen LogP contribution in [0.5, 0.6) is 0 Å². The summed E-state index contributed by atoms with van der Waals surface area (Å²) in [5.41, 5.74) is 4.70. The second kappa shape index (κ2) is 8.42. The Bertz CT molecular complexity index is 1010. The molecule has 2 saturated heterocycles. The van der Waals surface area contributed by atoms with Crippen LogP contribution >= 0.6 is 0 Å². The lowest BCUT2D eigenvalue weighted by Crippen LogP contribution is -2.55. The van der Waals surface area contributed by atoms with E-state index >= 15 is 0 Å². The normalized spacial score (nSPS) is 25.9. The number of β-amino-alcohol motifs (C(OH)–C–C–N with tert-alkyl or cyclic N) is 2. The molecule has 4 aliphatic rings. The van der Waals surface area contributed by atoms with E-state index in [2.05, 4.69) is 9.80 Å². The summed E-state index contributed by atoms with van der Waals surface area (Å²) < 4.78 is 10.3. The van der Waals surface area contributed by atoms with Crippen molar-refractivity contribution >= 4 is 11.9 Å². The summed E-state index contributed by atoms with van der Waals surface area (Å²) in [4.78, 5) is 27.9. The minimum absolute atomic E-state index is 0.114. The zero-order valence-corrected chi connectivity index (χ0v) is 19.3. The average Bonchev–Trinajstić information content (AvgIpc) is 3.34. The Morgan fingerprint density at radius 2 is 1.76 bits per heavy atom. The molecule has 0 amide bonds. The Hall–Kier alpha value is -2.42. The number of fused-ring (bicyclic) bond motifs is 1. The third-order valence-corrected chi connectivity index (χ3v) is 8.29. The van der Waals surface area contributed by atoms with Gasteiger partial charge in [0.25, 0.3) is 0 Å². The van der Waals surface area contributed by atoms with Gasteiger partial charge in [-0.3, -0.25) is 0 Å². The molecule has 0 aliphatic carbocycles. The van der Waals surface area contributed by atoms with Gasteiger partial charge in [-0.15, -0.1) is 0 Å². The van der Waals surface area contributed by atoms with Crippen molar-refractivity contribution in [3.05, 3.63) is 45.7 Å². The molecule has 0 saturated carbocycles. The predicted molar refractivity (Wildman–Crippen MR) is 119 cm³/mol. The summed E-state index contributed by atoms with van der Waals surface area (Å²) in [7, 11) is 0. The molecule has 0 aromatic heterocycles. The van der Waals surface area contributed by atoms with E-state index in [1.165, 1.54) is 0 Å². The van der Waals surface area contributed by atoms with Crippen LogP contribution in [-0.4, -0.2) is 77.4 Å². The Balaban J connectivity index is 1.19. The molecule has 2 N–H and O–H groups in total. The number of hydrogen-bond donors (Lipinski definition) is 2. The molecule has 4 aliphatic heterocycles. The summed E-state index contributed by atoms with van der Waals surface area (Å²) in [5, 5.41) is 22.0. The quantitative estimate of drug-likeness (QED) is 0.661. The van der Waals surface area contributed by atoms with E-state index in [0.29, 0.717) is 30.8 Å². The van der Waals surface area contributed by atoms with Gasteiger partial charge in [0.1, 0.15) is 13.2 Å². The summed E-state index contributed by atoms with van der Waals surface area (Å²) in [5.74, 6) is -0.553. The highest BCUT2D eigenvalue weighted by molar-refractivity contribution is 5.94. The Morgan fingerprint density at radius 3 is 2.42 bits per heavy atom. The van der Waals surface area contributed by atoms with Crippen molar-refractivity contribution in [1.82, 2.24) is 9.80 Å². The van der Waals surface area contributed by atoms with E-state index < -0.39 is 12.2 Å². The molecule has 178 valence electrons. The summed E-state index contributed by atoms with van der Waals surface area (Å²) in [6.45, 7) is 7.83. The third kappa shape index (κ3) is 3.84. The molecular weight excluding hydrogens is 424 g/mol. The van der Waals surface area contributed by atoms with Crippen molar-refractivity contribution in [2.24, 2.45) is 5.41 Å². The fourth-order valence-corrected chi connectivity index (χ4v) is 5.90. The highest BCUT2D eigenvalue weighted by Crippen LogP contribution is 2.43. The second-order valence-electron chi connectivity index (χ2n) is 9.92. The molecule has 33 heavy (non-hydrogen) atoms. The molecule has 8 heteroatoms. The Morgan fingerprint density at radius 1 is 1.06 bits per heavy atom. The molecule has 1 aromatic carbocycles. The molecule has 1 spiro atoms. The number of nitrogens with zero attached hydrogens (tertiary/aromatic N) is 2. The first kappa shape index (κ1) is 22.4. The van der Waals surface area contributed by atoms with Gasteiger partial charge in [0, 0.05) is 30.6 Å². The number of cyclic esters (lactones) is 2. The highest BCUT2D eigenvalue weighted by atomic mass is 16.5. The summed E-state index contributed by atoms with van der Waals surface area (Å²) >= 11 is 0. The molecular formula is C25H32N2O6. The lowest BCUT2D eigenvalue weighted by molar-refractivity contribution is -0.136. The number of hydrogen-bond acceptors (Lipinski definition) is 8. The summed E-state index contributed by atoms with van der Waals surface area (Å²) in [6, 6.07) is 3.59. The maximum Gasteiger partial charge on any atom is 0.338 e. The van der Waals surface area contributed by atoms with E-state index in [1.807, 2.05) is 13.0 Å². The molecule has 0 bridgehead atoms. The van der Waals surface area contributed by atoms with Gasteiger partial charge in [-0.25, -0.2) is 9.59 Å². The standard InChI is InChI=1S/C25H32N2O6/c1-15-17(3-4-18-19(15)13-32-24(18)31)21(28)11-26-8-5-25(6-9-26)7-10-27(12-22(25)29)20-14-33-23(30)16(20)2/h3-4,21-22,28-29H,5-14H2,1-2H3/t21-,22-/m0/s1. The van der Waals surface area contributed by atoms with Crippen LogP contribution in [0.4, 0.5) is 0 Å². The molecule has 2 atom stereocenters. The number of aliphatic hydroxyl groups is 2. The largest absolute Gasteiger partial charge is 0.457 e. The first-order valence-corrected chi connectivity index (χ1v) is 11.8. The lowest BCUT2D eigenvalue weighted by atomic mass is 9.69. The first-order chi connectivity index (χ1) is 15.8. The third-order valence-electron chi connectivity index (χ3n) is 8.29. The van der Waals surface area contributed by atoms with E-state index in [4.69, 9.17) is 9.47 Å². The van der Waals surface area contributed by atoms with Crippen LogP contribution in [0.25, 0.3) is 0 Å². The van der Waals surface area contributed by atoms with Crippen molar-refractivity contribution in [2.75, 3.05) is 39.3 Å². The molecule has 5 rings (SSSR count). The Kier molecular flexibility index (Phi) is 5.71. The summed E-state index contributed by atoms with van der Waals surface area (Å²) in [6.07, 6.45) is 1.56. The van der Waals surface area contributed by atoms with Crippen LogP contribution in [-0.2, 0) is 20.9 Å². The van der Waals surface area contributed by atoms with Gasteiger partial charge in [-0.2, -0.15) is 0 Å². The van der Waals surface area contributed by atoms with Crippen LogP contribution < -0.4 is 0 Å². The first-order valence-electron chi connectivity index (χ1n) is 11.8. The van der Waals surface area contributed by atoms with Crippen LogP contribution in [0.2, 0.25) is 0 Å². The van der Waals surface area contributed by atoms with E-state index in [-0.39, 0.29) is 24.0 Å². The van der Waals surface area contributed by atoms with Crippen LogP contribution in [0, 0.1) is 12.3 Å². The van der Waals surface area contributed by atoms with E-state index in [1.54, 1.807) is 13.0 Å². The second-order valence-corrected chi connectivity index (χ2v) is 9.92. The molecule has 2 fully saturated rings. The monoisotopic (exact) mass is 456 g/mol. The van der Waals surface area contributed by atoms with Gasteiger partial charge >= 0.3 is 11.9 Å². The number of rotatable bonds is 4. The number of ether oxygens (including phenoxy) is 2. The molecule has 1 aromatic rings. The van der Waals surface area contributed by atoms with Crippen LogP contribution in [0.1, 0.15) is 59.3 Å². The van der Waals surface area contributed by atoms with Crippen LogP contribution in [0.3, 0.4) is 0 Å². The van der Waals surface area contributed by atoms with Crippen molar-refractivity contribution in [3.8, 4) is 0 Å². The topological polar surface area (TPSA) is 99.5 Å². The minimum Gasteiger partial charge on any atom is -0.457 e. The van der Waals surface area contributed by atoms with Gasteiger partial charge in [-0.1, -0.05) is 6.07 Å². The fourth-order valence-electron chi connectivity index (χ4n) is 5.90. The molecule has 0 unspecified atom stereocenters. The molecule has 0 radical (unpaired) electrons. The Labute approximate surface area is 193 Å². The number of carbonyl (C=O) groups excluding carboxylic acids is 2. The smallest absolute Gasteiger partial charge is 0.338 e. The van der Waals surface area contributed by atoms with E-state index in [9.17, 15) is 19.8 Å². The van der Waals surface area contributed by atoms with Gasteiger partial charge in [0.05, 0.1) is 29.0 Å². The van der Waals surface area contributed by atoms with Crippen molar-refractivity contribution in [3.63, 3.8) is 0 Å². The number of esters is 2. The number of carbonyl (C=O) groups is 2. The highest BCUT2D eigenvalue weighted by Gasteiger charge is 2.45. The predicted octanol–water partition coefficient (Wildman–Crippen LogP) is 1.68. The minimum atomic E-state index is -0.637. The van der Waals surface area contributed by atoms with E-state index in [0.717, 1.165) is 61.3 Å². The lowest BCUT2D eigenvalue weighted by Gasteiger charge is -2.50. The number of benzene rings is 1. The van der Waals surface area contributed by atoms with Gasteiger partial charge in [-0.05, 0) is 63.4 Å². The van der Waals surface area contributed by atoms with Gasteiger partial charge < -0.3 is 29.5 Å². The van der Waals surface area contributed by atoms with Gasteiger partial charge in [0.15, 0.2) is 0 Å². The average molecular weight is 457 g/mol. The maximum atomic E-state index is 11.8. The fraction of sp³-hybridized carbons (Fsp3) is 0.600. The van der Waals surface area contributed by atoms with Gasteiger partial charge in [0.2, 0.25) is 0 Å². The maximum absolute atomic E-state index is 11.8. The van der Waals surface area contributed by atoms with Crippen LogP contribution in [0.15, 0.2) is 23.4 Å². The van der Waals surface area contributed by atoms with Crippen molar-refractivity contribution in [2.45, 2.75) is 51.9 Å². The SMILES string of the molecule is CC1=C(N2CCC3(CCN(C[C@H](O)c4ccc5c(c4C)COC5=O)CC3)[C@@H](O)C2)COC1=O. The molecule has 8 nitrogen and oxygen atoms in total. The van der Waals surface area contributed by atoms with Crippen molar-refractivity contribution < 1.29 is 29.3 Å².